The highest BCUT2D eigenvalue weighted by atomic mass is 19.1. The van der Waals surface area contributed by atoms with E-state index < -0.39 is 11.6 Å². The first-order valence-corrected chi connectivity index (χ1v) is 9.15. The standard InChI is InChI=1S/C21H21F2N3O2/c1-13(24-11-15-3-6-20-21(9-15)28-8-7-27-20)17-12-25-26(14(17)2)19-5-4-16(22)10-18(19)23/h3-6,9-10,12-13,24H,7-8,11H2,1-2H3. The molecule has 2 aromatic carbocycles. The molecule has 146 valence electrons. The number of aromatic nitrogens is 2. The average molecular weight is 385 g/mol. The summed E-state index contributed by atoms with van der Waals surface area (Å²) in [6, 6.07) is 9.35. The zero-order chi connectivity index (χ0) is 19.7. The van der Waals surface area contributed by atoms with Crippen LogP contribution in [0.15, 0.2) is 42.6 Å². The molecule has 0 saturated carbocycles. The van der Waals surface area contributed by atoms with Gasteiger partial charge in [-0.15, -0.1) is 0 Å². The molecule has 1 aliphatic heterocycles. The molecule has 0 amide bonds. The fourth-order valence-corrected chi connectivity index (χ4v) is 3.32. The van der Waals surface area contributed by atoms with Crippen LogP contribution >= 0.6 is 0 Å². The van der Waals surface area contributed by atoms with E-state index in [2.05, 4.69) is 10.4 Å². The third kappa shape index (κ3) is 3.57. The lowest BCUT2D eigenvalue weighted by molar-refractivity contribution is 0.171. The molecule has 1 aliphatic rings. The van der Waals surface area contributed by atoms with Crippen LogP contribution in [0.25, 0.3) is 5.69 Å². The van der Waals surface area contributed by atoms with Gasteiger partial charge < -0.3 is 14.8 Å². The highest BCUT2D eigenvalue weighted by Crippen LogP contribution is 2.31. The lowest BCUT2D eigenvalue weighted by Gasteiger charge is -2.19. The minimum atomic E-state index is -0.644. The highest BCUT2D eigenvalue weighted by molar-refractivity contribution is 5.44. The second-order valence-electron chi connectivity index (χ2n) is 6.77. The summed E-state index contributed by atoms with van der Waals surface area (Å²) in [6.45, 7) is 5.65. The quantitative estimate of drug-likeness (QED) is 0.719. The van der Waals surface area contributed by atoms with Crippen LogP contribution in [0, 0.1) is 18.6 Å². The molecule has 1 atom stereocenters. The average Bonchev–Trinajstić information content (AvgIpc) is 3.07. The Hall–Kier alpha value is -2.93. The van der Waals surface area contributed by atoms with Crippen LogP contribution in [-0.2, 0) is 6.54 Å². The predicted molar refractivity (Wildman–Crippen MR) is 101 cm³/mol. The van der Waals surface area contributed by atoms with Gasteiger partial charge in [0.1, 0.15) is 24.7 Å². The number of hydrogen-bond donors (Lipinski definition) is 1. The Labute approximate surface area is 161 Å². The minimum Gasteiger partial charge on any atom is -0.486 e. The molecule has 1 unspecified atom stereocenters. The molecule has 0 spiro atoms. The van der Waals surface area contributed by atoms with Gasteiger partial charge in [-0.25, -0.2) is 13.5 Å². The van der Waals surface area contributed by atoms with Gasteiger partial charge in [0.05, 0.1) is 6.20 Å². The van der Waals surface area contributed by atoms with Crippen LogP contribution in [0.2, 0.25) is 0 Å². The second kappa shape index (κ2) is 7.59. The van der Waals surface area contributed by atoms with Crippen molar-refractivity contribution in [1.29, 1.82) is 0 Å². The van der Waals surface area contributed by atoms with E-state index in [1.807, 2.05) is 32.0 Å². The van der Waals surface area contributed by atoms with Crippen molar-refractivity contribution in [3.8, 4) is 17.2 Å². The van der Waals surface area contributed by atoms with E-state index in [1.165, 1.54) is 16.8 Å². The van der Waals surface area contributed by atoms with Gasteiger partial charge in [-0.2, -0.15) is 5.10 Å². The normalized spacial score (nSPS) is 14.1. The number of benzene rings is 2. The maximum atomic E-state index is 14.1. The molecule has 7 heteroatoms. The monoisotopic (exact) mass is 385 g/mol. The highest BCUT2D eigenvalue weighted by Gasteiger charge is 2.17. The molecule has 0 fully saturated rings. The molecule has 1 N–H and O–H groups in total. The number of hydrogen-bond acceptors (Lipinski definition) is 4. The van der Waals surface area contributed by atoms with Gasteiger partial charge in [0.15, 0.2) is 17.3 Å². The molecular weight excluding hydrogens is 364 g/mol. The summed E-state index contributed by atoms with van der Waals surface area (Å²) in [5.74, 6) is 0.269. The van der Waals surface area contributed by atoms with Crippen LogP contribution < -0.4 is 14.8 Å². The molecular formula is C21H21F2N3O2. The number of halogens is 2. The van der Waals surface area contributed by atoms with E-state index >= 15 is 0 Å². The van der Waals surface area contributed by atoms with E-state index in [0.29, 0.717) is 19.8 Å². The minimum absolute atomic E-state index is 0.00883. The molecule has 0 aliphatic carbocycles. The third-order valence-electron chi connectivity index (χ3n) is 4.87. The second-order valence-corrected chi connectivity index (χ2v) is 6.77. The zero-order valence-corrected chi connectivity index (χ0v) is 15.7. The molecule has 0 radical (unpaired) electrons. The molecule has 3 aromatic rings. The number of rotatable bonds is 5. The molecule has 0 bridgehead atoms. The fourth-order valence-electron chi connectivity index (χ4n) is 3.32. The van der Waals surface area contributed by atoms with E-state index in [-0.39, 0.29) is 11.7 Å². The van der Waals surface area contributed by atoms with E-state index in [1.54, 1.807) is 6.20 Å². The first kappa shape index (κ1) is 18.4. The zero-order valence-electron chi connectivity index (χ0n) is 15.7. The fraction of sp³-hybridized carbons (Fsp3) is 0.286. The summed E-state index contributed by atoms with van der Waals surface area (Å²) in [6.07, 6.45) is 1.71. The van der Waals surface area contributed by atoms with Crippen molar-refractivity contribution in [2.45, 2.75) is 26.4 Å². The number of fused-ring (bicyclic) bond motifs is 1. The van der Waals surface area contributed by atoms with Crippen LogP contribution in [-0.4, -0.2) is 23.0 Å². The van der Waals surface area contributed by atoms with Gasteiger partial charge in [-0.1, -0.05) is 6.07 Å². The van der Waals surface area contributed by atoms with Gasteiger partial charge in [-0.05, 0) is 43.7 Å². The topological polar surface area (TPSA) is 48.3 Å². The van der Waals surface area contributed by atoms with Crippen LogP contribution in [0.4, 0.5) is 8.78 Å². The van der Waals surface area contributed by atoms with Gasteiger partial charge in [0, 0.05) is 29.9 Å². The van der Waals surface area contributed by atoms with Crippen molar-refractivity contribution in [3.05, 3.63) is 71.1 Å². The lowest BCUT2D eigenvalue weighted by atomic mass is 10.1. The van der Waals surface area contributed by atoms with E-state index in [9.17, 15) is 8.78 Å². The summed E-state index contributed by atoms with van der Waals surface area (Å²) in [7, 11) is 0. The summed E-state index contributed by atoms with van der Waals surface area (Å²) in [5, 5.41) is 7.74. The molecule has 1 aromatic heterocycles. The van der Waals surface area contributed by atoms with Gasteiger partial charge >= 0.3 is 0 Å². The third-order valence-corrected chi connectivity index (χ3v) is 4.87. The molecule has 2 heterocycles. The lowest BCUT2D eigenvalue weighted by Crippen LogP contribution is -2.19. The number of nitrogens with one attached hydrogen (secondary N) is 1. The smallest absolute Gasteiger partial charge is 0.161 e. The van der Waals surface area contributed by atoms with Crippen molar-refractivity contribution in [1.82, 2.24) is 15.1 Å². The predicted octanol–water partition coefficient (Wildman–Crippen LogP) is 4.08. The molecule has 4 rings (SSSR count). The maximum absolute atomic E-state index is 14.1. The van der Waals surface area contributed by atoms with Crippen molar-refractivity contribution in [2.75, 3.05) is 13.2 Å². The van der Waals surface area contributed by atoms with Gasteiger partial charge in [0.2, 0.25) is 0 Å². The van der Waals surface area contributed by atoms with Crippen molar-refractivity contribution >= 4 is 0 Å². The summed E-state index contributed by atoms with van der Waals surface area (Å²) >= 11 is 0. The SMILES string of the molecule is Cc1c(C(C)NCc2ccc3c(c2)OCCO3)cnn1-c1ccc(F)cc1F. The Balaban J connectivity index is 1.48. The Morgan fingerprint density at radius 3 is 2.68 bits per heavy atom. The summed E-state index contributed by atoms with van der Waals surface area (Å²) < 4.78 is 39.9. The summed E-state index contributed by atoms with van der Waals surface area (Å²) in [4.78, 5) is 0. The number of nitrogens with zero attached hydrogens (tertiary/aromatic N) is 2. The van der Waals surface area contributed by atoms with Gasteiger partial charge in [0.25, 0.3) is 0 Å². The van der Waals surface area contributed by atoms with Crippen molar-refractivity contribution < 1.29 is 18.3 Å². The first-order chi connectivity index (χ1) is 13.5. The van der Waals surface area contributed by atoms with Crippen molar-refractivity contribution in [2.24, 2.45) is 0 Å². The van der Waals surface area contributed by atoms with Crippen molar-refractivity contribution in [3.63, 3.8) is 0 Å². The largest absolute Gasteiger partial charge is 0.486 e. The van der Waals surface area contributed by atoms with Crippen LogP contribution in [0.5, 0.6) is 11.5 Å². The Kier molecular flexibility index (Phi) is 5.00. The van der Waals surface area contributed by atoms with E-state index in [4.69, 9.17) is 9.47 Å². The van der Waals surface area contributed by atoms with Crippen LogP contribution in [0.1, 0.15) is 29.8 Å². The number of ether oxygens (including phenoxy) is 2. The Morgan fingerprint density at radius 1 is 1.11 bits per heavy atom. The molecule has 0 saturated heterocycles. The summed E-state index contributed by atoms with van der Waals surface area (Å²) in [5.41, 5.74) is 3.05. The first-order valence-electron chi connectivity index (χ1n) is 9.15. The van der Waals surface area contributed by atoms with Gasteiger partial charge in [-0.3, -0.25) is 0 Å². The van der Waals surface area contributed by atoms with Crippen LogP contribution in [0.3, 0.4) is 0 Å². The molecule has 28 heavy (non-hydrogen) atoms. The Bertz CT molecular complexity index is 1000. The Morgan fingerprint density at radius 2 is 1.89 bits per heavy atom. The van der Waals surface area contributed by atoms with E-state index in [0.717, 1.165) is 34.4 Å². The maximum Gasteiger partial charge on any atom is 0.161 e. The molecule has 5 nitrogen and oxygen atoms in total.